The Morgan fingerprint density at radius 3 is 2.94 bits per heavy atom. The summed E-state index contributed by atoms with van der Waals surface area (Å²) in [5.74, 6) is -1.01. The van der Waals surface area contributed by atoms with Crippen LogP contribution in [0, 0.1) is 0 Å². The summed E-state index contributed by atoms with van der Waals surface area (Å²) in [6, 6.07) is 4.99. The first kappa shape index (κ1) is 12.7. The first-order valence-corrected chi connectivity index (χ1v) is 5.99. The van der Waals surface area contributed by atoms with Crippen LogP contribution in [0.3, 0.4) is 0 Å². The molecule has 0 aliphatic carbocycles. The van der Waals surface area contributed by atoms with Crippen molar-refractivity contribution in [2.24, 2.45) is 0 Å². The van der Waals surface area contributed by atoms with Crippen molar-refractivity contribution in [1.29, 1.82) is 0 Å². The van der Waals surface area contributed by atoms with Gasteiger partial charge in [0.25, 0.3) is 0 Å². The molecule has 1 aliphatic heterocycles. The number of ether oxygens (including phenoxy) is 1. The van der Waals surface area contributed by atoms with Gasteiger partial charge in [0.1, 0.15) is 0 Å². The van der Waals surface area contributed by atoms with E-state index in [2.05, 4.69) is 12.2 Å². The van der Waals surface area contributed by atoms with E-state index >= 15 is 0 Å². The van der Waals surface area contributed by atoms with Gasteiger partial charge in [0.2, 0.25) is 0 Å². The van der Waals surface area contributed by atoms with Crippen LogP contribution in [0.4, 0.5) is 11.4 Å². The van der Waals surface area contributed by atoms with Crippen LogP contribution in [0.2, 0.25) is 0 Å². The largest absolute Gasteiger partial charge is 0.478 e. The third-order valence-electron chi connectivity index (χ3n) is 3.21. The average molecular weight is 250 g/mol. The lowest BCUT2D eigenvalue weighted by Crippen LogP contribution is -2.43. The molecular formula is C13H18N2O3. The third-order valence-corrected chi connectivity index (χ3v) is 3.21. The topological polar surface area (TPSA) is 84.6 Å². The predicted molar refractivity (Wildman–Crippen MR) is 69.9 cm³/mol. The van der Waals surface area contributed by atoms with Crippen molar-refractivity contribution in [2.75, 3.05) is 24.3 Å². The van der Waals surface area contributed by atoms with Crippen LogP contribution in [0.5, 0.6) is 0 Å². The van der Waals surface area contributed by atoms with Gasteiger partial charge in [0, 0.05) is 6.61 Å². The minimum atomic E-state index is -1.01. The fourth-order valence-electron chi connectivity index (χ4n) is 2.22. The summed E-state index contributed by atoms with van der Waals surface area (Å²) in [6.45, 7) is 3.44. The van der Waals surface area contributed by atoms with Crippen molar-refractivity contribution < 1.29 is 14.6 Å². The Morgan fingerprint density at radius 2 is 2.33 bits per heavy atom. The molecule has 0 amide bonds. The number of benzene rings is 1. The maximum Gasteiger partial charge on any atom is 0.337 e. The molecule has 5 nitrogen and oxygen atoms in total. The van der Waals surface area contributed by atoms with Gasteiger partial charge in [-0.15, -0.1) is 0 Å². The number of carboxylic acid groups (broad SMARTS) is 1. The Bertz CT molecular complexity index is 454. The molecule has 1 saturated heterocycles. The second-order valence-electron chi connectivity index (χ2n) is 4.91. The summed E-state index contributed by atoms with van der Waals surface area (Å²) in [5.41, 5.74) is 6.74. The number of para-hydroxylation sites is 1. The number of carboxylic acids is 1. The van der Waals surface area contributed by atoms with Gasteiger partial charge in [0.15, 0.2) is 0 Å². The molecule has 0 aromatic heterocycles. The zero-order valence-electron chi connectivity index (χ0n) is 10.4. The number of hydrogen-bond acceptors (Lipinski definition) is 4. The second kappa shape index (κ2) is 4.86. The van der Waals surface area contributed by atoms with Gasteiger partial charge in [-0.1, -0.05) is 6.07 Å². The van der Waals surface area contributed by atoms with Gasteiger partial charge in [-0.05, 0) is 31.9 Å². The maximum absolute atomic E-state index is 11.0. The van der Waals surface area contributed by atoms with Crippen LogP contribution in [-0.2, 0) is 4.74 Å². The molecule has 0 spiro atoms. The zero-order chi connectivity index (χ0) is 13.2. The van der Waals surface area contributed by atoms with Crippen molar-refractivity contribution >= 4 is 17.3 Å². The van der Waals surface area contributed by atoms with Gasteiger partial charge < -0.3 is 20.9 Å². The molecule has 1 atom stereocenters. The number of aromatic carboxylic acids is 1. The average Bonchev–Trinajstić information content (AvgIpc) is 2.32. The molecule has 1 heterocycles. The highest BCUT2D eigenvalue weighted by Gasteiger charge is 2.28. The minimum Gasteiger partial charge on any atom is -0.478 e. The van der Waals surface area contributed by atoms with Crippen molar-refractivity contribution in [3.05, 3.63) is 23.8 Å². The van der Waals surface area contributed by atoms with Gasteiger partial charge in [0.05, 0.1) is 29.1 Å². The normalized spacial score (nSPS) is 23.6. The standard InChI is InChI=1S/C13H18N2O3/c1-13(6-3-7-18-8-13)15-10-5-2-4-9(11(10)14)12(16)17/h2,4-5,15H,3,6-8,14H2,1H3,(H,16,17). The van der Waals surface area contributed by atoms with Crippen molar-refractivity contribution in [3.63, 3.8) is 0 Å². The maximum atomic E-state index is 11.0. The van der Waals surface area contributed by atoms with E-state index in [-0.39, 0.29) is 16.8 Å². The highest BCUT2D eigenvalue weighted by Crippen LogP contribution is 2.29. The number of hydrogen-bond donors (Lipinski definition) is 3. The van der Waals surface area contributed by atoms with Crippen LogP contribution in [0.25, 0.3) is 0 Å². The lowest BCUT2D eigenvalue weighted by molar-refractivity contribution is 0.0540. The Kier molecular flexibility index (Phi) is 3.43. The molecule has 0 bridgehead atoms. The lowest BCUT2D eigenvalue weighted by atomic mass is 9.94. The van der Waals surface area contributed by atoms with Crippen molar-refractivity contribution in [2.45, 2.75) is 25.3 Å². The van der Waals surface area contributed by atoms with Crippen molar-refractivity contribution in [3.8, 4) is 0 Å². The monoisotopic (exact) mass is 250 g/mol. The summed E-state index contributed by atoms with van der Waals surface area (Å²) in [6.07, 6.45) is 1.96. The SMILES string of the molecule is CC1(Nc2cccc(C(=O)O)c2N)CCCOC1. The van der Waals surface area contributed by atoms with Gasteiger partial charge >= 0.3 is 5.97 Å². The van der Waals surface area contributed by atoms with Crippen LogP contribution in [-0.4, -0.2) is 29.8 Å². The van der Waals surface area contributed by atoms with Crippen LogP contribution in [0.1, 0.15) is 30.1 Å². The van der Waals surface area contributed by atoms with E-state index in [0.717, 1.165) is 19.4 Å². The highest BCUT2D eigenvalue weighted by molar-refractivity contribution is 5.97. The molecule has 1 fully saturated rings. The number of carbonyl (C=O) groups is 1. The van der Waals surface area contributed by atoms with Crippen LogP contribution >= 0.6 is 0 Å². The first-order valence-electron chi connectivity index (χ1n) is 5.99. The Hall–Kier alpha value is -1.75. The summed E-state index contributed by atoms with van der Waals surface area (Å²) in [4.78, 5) is 11.0. The first-order chi connectivity index (χ1) is 8.52. The molecule has 5 heteroatoms. The molecular weight excluding hydrogens is 232 g/mol. The molecule has 1 aromatic carbocycles. The minimum absolute atomic E-state index is 0.125. The van der Waals surface area contributed by atoms with Crippen LogP contribution in [0.15, 0.2) is 18.2 Å². The molecule has 18 heavy (non-hydrogen) atoms. The predicted octanol–water partition coefficient (Wildman–Crippen LogP) is 1.95. The summed E-state index contributed by atoms with van der Waals surface area (Å²) in [5, 5.41) is 12.3. The second-order valence-corrected chi connectivity index (χ2v) is 4.91. The van der Waals surface area contributed by atoms with Crippen molar-refractivity contribution in [1.82, 2.24) is 0 Å². The summed E-state index contributed by atoms with van der Waals surface area (Å²) >= 11 is 0. The van der Waals surface area contributed by atoms with Gasteiger partial charge in [-0.25, -0.2) is 4.79 Å². The molecule has 0 radical (unpaired) electrons. The number of nitrogens with one attached hydrogen (secondary N) is 1. The molecule has 1 aromatic rings. The van der Waals surface area contributed by atoms with E-state index in [9.17, 15) is 4.79 Å². The number of nitrogens with two attached hydrogens (primary N) is 1. The zero-order valence-corrected chi connectivity index (χ0v) is 10.4. The molecule has 98 valence electrons. The van der Waals surface area contributed by atoms with E-state index < -0.39 is 5.97 Å². The Balaban J connectivity index is 2.23. The smallest absolute Gasteiger partial charge is 0.337 e. The molecule has 1 aliphatic rings. The fourth-order valence-corrected chi connectivity index (χ4v) is 2.22. The van der Waals surface area contributed by atoms with E-state index in [1.165, 1.54) is 6.07 Å². The lowest BCUT2D eigenvalue weighted by Gasteiger charge is -2.35. The molecule has 0 saturated carbocycles. The van der Waals surface area contributed by atoms with Gasteiger partial charge in [-0.2, -0.15) is 0 Å². The highest BCUT2D eigenvalue weighted by atomic mass is 16.5. The Morgan fingerprint density at radius 1 is 1.56 bits per heavy atom. The van der Waals surface area contributed by atoms with E-state index in [0.29, 0.717) is 12.3 Å². The van der Waals surface area contributed by atoms with E-state index in [1.54, 1.807) is 12.1 Å². The number of anilines is 2. The third kappa shape index (κ3) is 2.56. The van der Waals surface area contributed by atoms with E-state index in [4.69, 9.17) is 15.6 Å². The quantitative estimate of drug-likeness (QED) is 0.714. The number of nitrogen functional groups attached to an aromatic ring is 1. The fraction of sp³-hybridized carbons (Fsp3) is 0.462. The molecule has 1 unspecified atom stereocenters. The van der Waals surface area contributed by atoms with Crippen LogP contribution < -0.4 is 11.1 Å². The Labute approximate surface area is 106 Å². The number of rotatable bonds is 3. The molecule has 4 N–H and O–H groups in total. The van der Waals surface area contributed by atoms with E-state index in [1.807, 2.05) is 0 Å². The summed E-state index contributed by atoms with van der Waals surface area (Å²) in [7, 11) is 0. The molecule has 2 rings (SSSR count). The van der Waals surface area contributed by atoms with Gasteiger partial charge in [-0.3, -0.25) is 0 Å². The summed E-state index contributed by atoms with van der Waals surface area (Å²) < 4.78 is 5.46.